The number of rotatable bonds is 2. The van der Waals surface area contributed by atoms with E-state index in [4.69, 9.17) is 5.11 Å². The molecule has 0 spiro atoms. The van der Waals surface area contributed by atoms with E-state index < -0.39 is 34.9 Å². The molecule has 16 heavy (non-hydrogen) atoms. The molecule has 1 rings (SSSR count). The highest BCUT2D eigenvalue weighted by Crippen LogP contribution is 2.40. The second-order valence-corrected chi connectivity index (χ2v) is 3.67. The SMILES string of the molecule is OCc1cc(Br)c(C(F)(F)F)c(C(F)F)n1. The number of aromatic nitrogens is 1. The van der Waals surface area contributed by atoms with Crippen LogP contribution in [0.15, 0.2) is 10.5 Å². The molecule has 2 nitrogen and oxygen atoms in total. The van der Waals surface area contributed by atoms with Crippen molar-refractivity contribution in [3.05, 3.63) is 27.5 Å². The molecule has 0 atom stereocenters. The zero-order valence-electron chi connectivity index (χ0n) is 7.52. The summed E-state index contributed by atoms with van der Waals surface area (Å²) >= 11 is 2.54. The Morgan fingerprint density at radius 1 is 1.38 bits per heavy atom. The van der Waals surface area contributed by atoms with Crippen LogP contribution in [-0.4, -0.2) is 10.1 Å². The van der Waals surface area contributed by atoms with Crippen LogP contribution in [0.25, 0.3) is 0 Å². The van der Waals surface area contributed by atoms with Gasteiger partial charge in [0, 0.05) is 4.47 Å². The van der Waals surface area contributed by atoms with Crippen molar-refractivity contribution in [2.24, 2.45) is 0 Å². The summed E-state index contributed by atoms with van der Waals surface area (Å²) < 4.78 is 61.5. The number of halogens is 6. The standard InChI is InChI=1S/C8H5BrF5NO/c9-4-1-3(2-16)15-6(7(10)11)5(4)8(12,13)14/h1,7,16H,2H2. The van der Waals surface area contributed by atoms with Gasteiger partial charge in [0.25, 0.3) is 6.43 Å². The minimum atomic E-state index is -4.93. The third-order valence-corrected chi connectivity index (χ3v) is 2.33. The van der Waals surface area contributed by atoms with E-state index >= 15 is 0 Å². The van der Waals surface area contributed by atoms with E-state index in [9.17, 15) is 22.0 Å². The molecule has 8 heteroatoms. The van der Waals surface area contributed by atoms with Gasteiger partial charge in [-0.3, -0.25) is 0 Å². The summed E-state index contributed by atoms with van der Waals surface area (Å²) in [5.74, 6) is 0. The topological polar surface area (TPSA) is 33.1 Å². The Hall–Kier alpha value is -0.760. The van der Waals surface area contributed by atoms with Gasteiger partial charge in [0.05, 0.1) is 17.9 Å². The van der Waals surface area contributed by atoms with Gasteiger partial charge in [0.1, 0.15) is 5.69 Å². The summed E-state index contributed by atoms with van der Waals surface area (Å²) in [6, 6.07) is 0.856. The maximum absolute atomic E-state index is 12.4. The number of hydrogen-bond acceptors (Lipinski definition) is 2. The van der Waals surface area contributed by atoms with E-state index in [-0.39, 0.29) is 5.69 Å². The Morgan fingerprint density at radius 3 is 2.31 bits per heavy atom. The first-order valence-electron chi connectivity index (χ1n) is 3.93. The lowest BCUT2D eigenvalue weighted by Gasteiger charge is -2.14. The number of nitrogens with zero attached hydrogens (tertiary/aromatic N) is 1. The molecular formula is C8H5BrF5NO. The fraction of sp³-hybridized carbons (Fsp3) is 0.375. The molecule has 0 fully saturated rings. The van der Waals surface area contributed by atoms with Gasteiger partial charge in [0.15, 0.2) is 0 Å². The van der Waals surface area contributed by atoms with Crippen molar-refractivity contribution in [1.29, 1.82) is 0 Å². The molecule has 0 unspecified atom stereocenters. The number of alkyl halides is 5. The second kappa shape index (κ2) is 4.62. The molecule has 0 saturated heterocycles. The van der Waals surface area contributed by atoms with E-state index in [1.807, 2.05) is 0 Å². The van der Waals surface area contributed by atoms with Crippen molar-refractivity contribution < 1.29 is 27.1 Å². The van der Waals surface area contributed by atoms with Crippen molar-refractivity contribution in [3.63, 3.8) is 0 Å². The molecule has 0 amide bonds. The molecule has 0 bridgehead atoms. The van der Waals surface area contributed by atoms with Crippen LogP contribution in [-0.2, 0) is 12.8 Å². The molecule has 1 N–H and O–H groups in total. The highest BCUT2D eigenvalue weighted by Gasteiger charge is 2.39. The van der Waals surface area contributed by atoms with E-state index in [0.717, 1.165) is 6.07 Å². The summed E-state index contributed by atoms with van der Waals surface area (Å²) in [6.45, 7) is -0.712. The van der Waals surface area contributed by atoms with Gasteiger partial charge in [-0.05, 0) is 6.07 Å². The number of aliphatic hydroxyl groups is 1. The monoisotopic (exact) mass is 305 g/mol. The molecule has 90 valence electrons. The Balaban J connectivity index is 3.46. The lowest BCUT2D eigenvalue weighted by atomic mass is 10.1. The predicted molar refractivity (Wildman–Crippen MR) is 47.8 cm³/mol. The summed E-state index contributed by atoms with van der Waals surface area (Å²) in [5, 5.41) is 8.65. The largest absolute Gasteiger partial charge is 0.419 e. The highest BCUT2D eigenvalue weighted by molar-refractivity contribution is 9.10. The highest BCUT2D eigenvalue weighted by atomic mass is 79.9. The lowest BCUT2D eigenvalue weighted by molar-refractivity contribution is -0.140. The van der Waals surface area contributed by atoms with Gasteiger partial charge in [-0.2, -0.15) is 13.2 Å². The normalized spacial score (nSPS) is 12.2. The molecule has 1 aromatic rings. The summed E-state index contributed by atoms with van der Waals surface area (Å²) in [7, 11) is 0. The van der Waals surface area contributed by atoms with Crippen molar-refractivity contribution in [2.45, 2.75) is 19.2 Å². The maximum atomic E-state index is 12.4. The number of aliphatic hydroxyl groups excluding tert-OH is 1. The Kier molecular flexibility index (Phi) is 3.84. The van der Waals surface area contributed by atoms with Crippen LogP contribution < -0.4 is 0 Å². The molecule has 0 radical (unpaired) electrons. The zero-order valence-corrected chi connectivity index (χ0v) is 9.11. The second-order valence-electron chi connectivity index (χ2n) is 2.81. The predicted octanol–water partition coefficient (Wildman–Crippen LogP) is 3.29. The first-order chi connectivity index (χ1) is 7.27. The zero-order chi connectivity index (χ0) is 12.5. The van der Waals surface area contributed by atoms with Gasteiger partial charge < -0.3 is 5.11 Å². The molecule has 1 aromatic heterocycles. The van der Waals surface area contributed by atoms with Crippen molar-refractivity contribution in [3.8, 4) is 0 Å². The fourth-order valence-corrected chi connectivity index (χ4v) is 1.80. The van der Waals surface area contributed by atoms with Crippen molar-refractivity contribution in [2.75, 3.05) is 0 Å². The van der Waals surface area contributed by atoms with Gasteiger partial charge in [-0.1, -0.05) is 15.9 Å². The quantitative estimate of drug-likeness (QED) is 0.851. The summed E-state index contributed by atoms with van der Waals surface area (Å²) in [5.41, 5.74) is -3.15. The van der Waals surface area contributed by atoms with Crippen molar-refractivity contribution >= 4 is 15.9 Å². The fourth-order valence-electron chi connectivity index (χ4n) is 1.10. The van der Waals surface area contributed by atoms with Crippen molar-refractivity contribution in [1.82, 2.24) is 4.98 Å². The minimum Gasteiger partial charge on any atom is -0.390 e. The third kappa shape index (κ3) is 2.67. The van der Waals surface area contributed by atoms with Crippen LogP contribution >= 0.6 is 15.9 Å². The van der Waals surface area contributed by atoms with Gasteiger partial charge in [-0.15, -0.1) is 0 Å². The number of pyridine rings is 1. The molecule has 0 aliphatic carbocycles. The average molecular weight is 306 g/mol. The maximum Gasteiger partial charge on any atom is 0.419 e. The molecular weight excluding hydrogens is 301 g/mol. The Morgan fingerprint density at radius 2 is 1.94 bits per heavy atom. The van der Waals surface area contributed by atoms with Gasteiger partial charge >= 0.3 is 6.18 Å². The molecule has 0 saturated carbocycles. The van der Waals surface area contributed by atoms with Crippen LogP contribution in [0.2, 0.25) is 0 Å². The Bertz CT molecular complexity index is 393. The smallest absolute Gasteiger partial charge is 0.390 e. The van der Waals surface area contributed by atoms with E-state index in [0.29, 0.717) is 0 Å². The van der Waals surface area contributed by atoms with Crippen LogP contribution in [0.5, 0.6) is 0 Å². The molecule has 0 aliphatic rings. The number of hydrogen-bond donors (Lipinski definition) is 1. The van der Waals surface area contributed by atoms with Gasteiger partial charge in [0.2, 0.25) is 0 Å². The summed E-state index contributed by atoms with van der Waals surface area (Å²) in [4.78, 5) is 3.07. The van der Waals surface area contributed by atoms with Crippen LogP contribution in [0.3, 0.4) is 0 Å². The van der Waals surface area contributed by atoms with E-state index in [1.54, 1.807) is 0 Å². The molecule has 1 heterocycles. The lowest BCUT2D eigenvalue weighted by Crippen LogP contribution is -2.13. The third-order valence-electron chi connectivity index (χ3n) is 1.70. The molecule has 0 aromatic carbocycles. The minimum absolute atomic E-state index is 0.254. The van der Waals surface area contributed by atoms with Crippen LogP contribution in [0.1, 0.15) is 23.4 Å². The average Bonchev–Trinajstić information content (AvgIpc) is 2.14. The first kappa shape index (κ1) is 13.3. The van der Waals surface area contributed by atoms with Gasteiger partial charge in [-0.25, -0.2) is 13.8 Å². The van der Waals surface area contributed by atoms with Crippen LogP contribution in [0, 0.1) is 0 Å². The van der Waals surface area contributed by atoms with Crippen LogP contribution in [0.4, 0.5) is 22.0 Å². The first-order valence-corrected chi connectivity index (χ1v) is 4.72. The molecule has 0 aliphatic heterocycles. The van der Waals surface area contributed by atoms with E-state index in [1.165, 1.54) is 0 Å². The summed E-state index contributed by atoms with van der Waals surface area (Å²) in [6.07, 6.45) is -8.29. The van der Waals surface area contributed by atoms with E-state index in [2.05, 4.69) is 20.9 Å². The Labute approximate surface area is 95.2 Å².